The molecule has 1 N–H and O–H groups in total. The van der Waals surface area contributed by atoms with E-state index in [0.29, 0.717) is 6.61 Å². The lowest BCUT2D eigenvalue weighted by atomic mass is 10.2. The molecule has 0 saturated carbocycles. The van der Waals surface area contributed by atoms with Gasteiger partial charge in [-0.1, -0.05) is 24.3 Å². The van der Waals surface area contributed by atoms with E-state index in [1.54, 1.807) is 6.20 Å². The van der Waals surface area contributed by atoms with Crippen LogP contribution in [0.5, 0.6) is 5.75 Å². The number of rotatable bonds is 9. The van der Waals surface area contributed by atoms with Crippen molar-refractivity contribution in [2.24, 2.45) is 0 Å². The van der Waals surface area contributed by atoms with Gasteiger partial charge in [-0.3, -0.25) is 4.98 Å². The number of benzene rings is 1. The van der Waals surface area contributed by atoms with Crippen molar-refractivity contribution in [3.05, 3.63) is 59.9 Å². The van der Waals surface area contributed by atoms with Crippen LogP contribution in [0.15, 0.2) is 48.8 Å². The van der Waals surface area contributed by atoms with Crippen LogP contribution in [0.4, 0.5) is 0 Å². The molecule has 4 heteroatoms. The van der Waals surface area contributed by atoms with Crippen molar-refractivity contribution in [3.8, 4) is 5.75 Å². The molecule has 0 aliphatic carbocycles. The molecule has 21 heavy (non-hydrogen) atoms. The van der Waals surface area contributed by atoms with Crippen molar-refractivity contribution < 1.29 is 9.47 Å². The van der Waals surface area contributed by atoms with Crippen LogP contribution < -0.4 is 10.1 Å². The highest BCUT2D eigenvalue weighted by atomic mass is 16.5. The molecule has 0 bridgehead atoms. The normalized spacial score (nSPS) is 10.5. The Balaban J connectivity index is 1.84. The van der Waals surface area contributed by atoms with Gasteiger partial charge in [-0.2, -0.15) is 0 Å². The lowest BCUT2D eigenvalue weighted by Crippen LogP contribution is -2.19. The first-order chi connectivity index (χ1) is 10.4. The maximum absolute atomic E-state index is 5.89. The Bertz CT molecular complexity index is 517. The summed E-state index contributed by atoms with van der Waals surface area (Å²) >= 11 is 0. The molecular weight excluding hydrogens is 264 g/mol. The predicted molar refractivity (Wildman–Crippen MR) is 83.2 cm³/mol. The number of nitrogens with one attached hydrogen (secondary N) is 1. The number of ether oxygens (including phenoxy) is 2. The number of hydrogen-bond acceptors (Lipinski definition) is 4. The lowest BCUT2D eigenvalue weighted by Gasteiger charge is -2.12. The van der Waals surface area contributed by atoms with Gasteiger partial charge in [0.1, 0.15) is 12.4 Å². The topological polar surface area (TPSA) is 43.4 Å². The van der Waals surface area contributed by atoms with Crippen molar-refractivity contribution in [2.75, 3.05) is 19.8 Å². The summed E-state index contributed by atoms with van der Waals surface area (Å²) < 4.78 is 11.2. The van der Waals surface area contributed by atoms with Crippen LogP contribution in [-0.4, -0.2) is 24.7 Å². The Morgan fingerprint density at radius 1 is 1.14 bits per heavy atom. The molecule has 0 fully saturated rings. The minimum atomic E-state index is 0.532. The van der Waals surface area contributed by atoms with Crippen molar-refractivity contribution in [1.29, 1.82) is 0 Å². The molecule has 0 saturated heterocycles. The Kier molecular flexibility index (Phi) is 6.71. The van der Waals surface area contributed by atoms with E-state index in [4.69, 9.17) is 9.47 Å². The van der Waals surface area contributed by atoms with E-state index >= 15 is 0 Å². The predicted octanol–water partition coefficient (Wildman–Crippen LogP) is 2.79. The van der Waals surface area contributed by atoms with E-state index in [0.717, 1.165) is 43.2 Å². The highest BCUT2D eigenvalue weighted by molar-refractivity contribution is 5.33. The summed E-state index contributed by atoms with van der Waals surface area (Å²) in [5.74, 6) is 0.908. The second-order valence-corrected chi connectivity index (χ2v) is 4.63. The molecular formula is C17H22N2O2. The fraction of sp³-hybridized carbons (Fsp3) is 0.353. The second-order valence-electron chi connectivity index (χ2n) is 4.63. The standard InChI is InChI=1S/C17H22N2O2/c1-2-20-11-10-19-13-16-7-3-4-8-17(16)21-14-15-6-5-9-18-12-15/h3-9,12,19H,2,10-11,13-14H2,1H3. The molecule has 0 unspecified atom stereocenters. The Hall–Kier alpha value is -1.91. The third kappa shape index (κ3) is 5.53. The summed E-state index contributed by atoms with van der Waals surface area (Å²) in [5.41, 5.74) is 2.22. The molecule has 0 amide bonds. The maximum Gasteiger partial charge on any atom is 0.124 e. The number of pyridine rings is 1. The molecule has 0 spiro atoms. The largest absolute Gasteiger partial charge is 0.489 e. The van der Waals surface area contributed by atoms with Gasteiger partial charge in [-0.25, -0.2) is 0 Å². The quantitative estimate of drug-likeness (QED) is 0.720. The highest BCUT2D eigenvalue weighted by Gasteiger charge is 2.03. The summed E-state index contributed by atoms with van der Waals surface area (Å²) in [5, 5.41) is 3.36. The smallest absolute Gasteiger partial charge is 0.124 e. The van der Waals surface area contributed by atoms with Crippen LogP contribution in [0.1, 0.15) is 18.1 Å². The second kappa shape index (κ2) is 9.10. The van der Waals surface area contributed by atoms with E-state index < -0.39 is 0 Å². The molecule has 1 heterocycles. The van der Waals surface area contributed by atoms with E-state index in [1.165, 1.54) is 0 Å². The summed E-state index contributed by atoms with van der Waals surface area (Å²) in [6, 6.07) is 12.0. The zero-order valence-corrected chi connectivity index (χ0v) is 12.4. The zero-order chi connectivity index (χ0) is 14.8. The molecule has 112 valence electrons. The Labute approximate surface area is 126 Å². The van der Waals surface area contributed by atoms with Gasteiger partial charge in [0, 0.05) is 43.2 Å². The number of nitrogens with zero attached hydrogens (tertiary/aromatic N) is 1. The van der Waals surface area contributed by atoms with Gasteiger partial charge in [-0.05, 0) is 19.1 Å². The highest BCUT2D eigenvalue weighted by Crippen LogP contribution is 2.19. The number of hydrogen-bond donors (Lipinski definition) is 1. The molecule has 4 nitrogen and oxygen atoms in total. The van der Waals surface area contributed by atoms with Crippen molar-refractivity contribution in [2.45, 2.75) is 20.1 Å². The number of para-hydroxylation sites is 1. The summed E-state index contributed by atoms with van der Waals surface area (Å²) in [7, 11) is 0. The summed E-state index contributed by atoms with van der Waals surface area (Å²) in [4.78, 5) is 4.09. The first kappa shape index (κ1) is 15.5. The fourth-order valence-corrected chi connectivity index (χ4v) is 1.95. The van der Waals surface area contributed by atoms with Gasteiger partial charge < -0.3 is 14.8 Å². The molecule has 1 aromatic heterocycles. The summed E-state index contributed by atoms with van der Waals surface area (Å²) in [6.07, 6.45) is 3.59. The SMILES string of the molecule is CCOCCNCc1ccccc1OCc1cccnc1. The monoisotopic (exact) mass is 286 g/mol. The van der Waals surface area contributed by atoms with Crippen molar-refractivity contribution in [3.63, 3.8) is 0 Å². The van der Waals surface area contributed by atoms with Crippen LogP contribution in [0.2, 0.25) is 0 Å². The average molecular weight is 286 g/mol. The molecule has 2 aromatic rings. The Morgan fingerprint density at radius 3 is 2.86 bits per heavy atom. The fourth-order valence-electron chi connectivity index (χ4n) is 1.95. The first-order valence-corrected chi connectivity index (χ1v) is 7.28. The van der Waals surface area contributed by atoms with Gasteiger partial charge in [-0.15, -0.1) is 0 Å². The molecule has 0 atom stereocenters. The van der Waals surface area contributed by atoms with Crippen LogP contribution in [0.25, 0.3) is 0 Å². The van der Waals surface area contributed by atoms with Gasteiger partial charge in [0.2, 0.25) is 0 Å². The average Bonchev–Trinajstić information content (AvgIpc) is 2.55. The lowest BCUT2D eigenvalue weighted by molar-refractivity contribution is 0.149. The minimum Gasteiger partial charge on any atom is -0.489 e. The van der Waals surface area contributed by atoms with Crippen molar-refractivity contribution in [1.82, 2.24) is 10.3 Å². The van der Waals surface area contributed by atoms with E-state index in [9.17, 15) is 0 Å². The van der Waals surface area contributed by atoms with E-state index in [-0.39, 0.29) is 0 Å². The summed E-state index contributed by atoms with van der Waals surface area (Å²) in [6.45, 7) is 5.63. The molecule has 0 radical (unpaired) electrons. The molecule has 0 aliphatic heterocycles. The minimum absolute atomic E-state index is 0.532. The maximum atomic E-state index is 5.89. The molecule has 0 aliphatic rings. The third-order valence-electron chi connectivity index (χ3n) is 3.03. The molecule has 1 aromatic carbocycles. The zero-order valence-electron chi connectivity index (χ0n) is 12.4. The number of aromatic nitrogens is 1. The van der Waals surface area contributed by atoms with E-state index in [2.05, 4.69) is 16.4 Å². The van der Waals surface area contributed by atoms with Crippen LogP contribution in [0, 0.1) is 0 Å². The third-order valence-corrected chi connectivity index (χ3v) is 3.03. The molecule has 2 rings (SSSR count). The Morgan fingerprint density at radius 2 is 2.05 bits per heavy atom. The van der Waals surface area contributed by atoms with Crippen LogP contribution >= 0.6 is 0 Å². The van der Waals surface area contributed by atoms with E-state index in [1.807, 2.05) is 43.5 Å². The van der Waals surface area contributed by atoms with Gasteiger partial charge in [0.25, 0.3) is 0 Å². The van der Waals surface area contributed by atoms with Crippen molar-refractivity contribution >= 4 is 0 Å². The van der Waals surface area contributed by atoms with Gasteiger partial charge in [0.15, 0.2) is 0 Å². The first-order valence-electron chi connectivity index (χ1n) is 7.28. The van der Waals surface area contributed by atoms with Crippen LogP contribution in [0.3, 0.4) is 0 Å². The van der Waals surface area contributed by atoms with Crippen LogP contribution in [-0.2, 0) is 17.9 Å². The van der Waals surface area contributed by atoms with Gasteiger partial charge in [0.05, 0.1) is 6.61 Å². The van der Waals surface area contributed by atoms with Gasteiger partial charge >= 0.3 is 0 Å².